The van der Waals surface area contributed by atoms with Gasteiger partial charge in [-0.25, -0.2) is 4.98 Å². The molecular weight excluding hydrogens is 256 g/mol. The van der Waals surface area contributed by atoms with Gasteiger partial charge in [0.1, 0.15) is 11.6 Å². The van der Waals surface area contributed by atoms with E-state index in [2.05, 4.69) is 20.6 Å². The van der Waals surface area contributed by atoms with Crippen molar-refractivity contribution >= 4 is 11.7 Å². The first kappa shape index (κ1) is 14.6. The number of nitrogens with one attached hydrogen (secondary N) is 3. The Balaban J connectivity index is 1.85. The van der Waals surface area contributed by atoms with Crippen LogP contribution < -0.4 is 16.2 Å². The van der Waals surface area contributed by atoms with Crippen molar-refractivity contribution in [1.29, 1.82) is 0 Å². The van der Waals surface area contributed by atoms with E-state index in [1.165, 1.54) is 6.07 Å². The van der Waals surface area contributed by atoms with E-state index in [-0.39, 0.29) is 17.0 Å². The minimum absolute atomic E-state index is 0.0164. The van der Waals surface area contributed by atoms with Crippen LogP contribution in [0.25, 0.3) is 0 Å². The number of nitrogens with zero attached hydrogens (tertiary/aromatic N) is 1. The number of hydrogen-bond donors (Lipinski definition) is 3. The van der Waals surface area contributed by atoms with E-state index in [1.54, 1.807) is 0 Å². The second-order valence-corrected chi connectivity index (χ2v) is 6.27. The van der Waals surface area contributed by atoms with Gasteiger partial charge in [-0.2, -0.15) is 0 Å². The summed E-state index contributed by atoms with van der Waals surface area (Å²) in [6.45, 7) is 6.29. The summed E-state index contributed by atoms with van der Waals surface area (Å²) in [6.07, 6.45) is 2.52. The molecule has 1 aliphatic rings. The fourth-order valence-corrected chi connectivity index (χ4v) is 1.90. The van der Waals surface area contributed by atoms with Crippen LogP contribution in [0.15, 0.2) is 10.9 Å². The highest BCUT2D eigenvalue weighted by Crippen LogP contribution is 2.37. The van der Waals surface area contributed by atoms with Gasteiger partial charge in [0.25, 0.3) is 5.56 Å². The first-order chi connectivity index (χ1) is 9.33. The zero-order chi connectivity index (χ0) is 14.8. The van der Waals surface area contributed by atoms with Crippen LogP contribution >= 0.6 is 0 Å². The minimum atomic E-state index is -0.224. The Labute approximate surface area is 118 Å². The predicted molar refractivity (Wildman–Crippen MR) is 77.8 cm³/mol. The van der Waals surface area contributed by atoms with Crippen LogP contribution in [0.2, 0.25) is 0 Å². The summed E-state index contributed by atoms with van der Waals surface area (Å²) in [5.41, 5.74) is -0.373. The van der Waals surface area contributed by atoms with E-state index >= 15 is 0 Å². The third-order valence-electron chi connectivity index (χ3n) is 2.90. The summed E-state index contributed by atoms with van der Waals surface area (Å²) in [6, 6.07) is 1.42. The fraction of sp³-hybridized carbons (Fsp3) is 0.643. The van der Waals surface area contributed by atoms with Crippen molar-refractivity contribution in [3.63, 3.8) is 0 Å². The van der Waals surface area contributed by atoms with Crippen molar-refractivity contribution in [2.45, 2.75) is 51.5 Å². The maximum absolute atomic E-state index is 11.7. The number of amides is 1. The van der Waals surface area contributed by atoms with Crippen molar-refractivity contribution in [2.24, 2.45) is 0 Å². The maximum atomic E-state index is 11.7. The van der Waals surface area contributed by atoms with Crippen LogP contribution in [-0.4, -0.2) is 28.0 Å². The molecule has 6 nitrogen and oxygen atoms in total. The van der Waals surface area contributed by atoms with Gasteiger partial charge in [0.15, 0.2) is 0 Å². The van der Waals surface area contributed by atoms with E-state index < -0.39 is 0 Å². The molecule has 1 aromatic heterocycles. The Kier molecular flexibility index (Phi) is 4.11. The van der Waals surface area contributed by atoms with Gasteiger partial charge in [-0.3, -0.25) is 9.59 Å². The number of H-pyrrole nitrogens is 1. The summed E-state index contributed by atoms with van der Waals surface area (Å²) in [7, 11) is 0. The summed E-state index contributed by atoms with van der Waals surface area (Å²) in [5.74, 6) is 1.67. The Morgan fingerprint density at radius 1 is 1.45 bits per heavy atom. The van der Waals surface area contributed by atoms with Crippen molar-refractivity contribution < 1.29 is 4.79 Å². The van der Waals surface area contributed by atoms with Gasteiger partial charge >= 0.3 is 0 Å². The third kappa shape index (κ3) is 4.68. The van der Waals surface area contributed by atoms with Crippen LogP contribution in [0.3, 0.4) is 0 Å². The lowest BCUT2D eigenvalue weighted by molar-refractivity contribution is -0.122. The molecule has 0 aliphatic heterocycles. The second kappa shape index (κ2) is 5.64. The molecule has 0 saturated heterocycles. The Hall–Kier alpha value is -1.85. The van der Waals surface area contributed by atoms with Gasteiger partial charge in [-0.1, -0.05) is 0 Å². The van der Waals surface area contributed by atoms with E-state index in [0.717, 1.165) is 18.7 Å². The number of rotatable bonds is 5. The molecule has 1 aromatic rings. The molecule has 1 saturated carbocycles. The predicted octanol–water partition coefficient (Wildman–Crippen LogP) is 1.36. The molecule has 20 heavy (non-hydrogen) atoms. The summed E-state index contributed by atoms with van der Waals surface area (Å²) in [5, 5.41) is 5.92. The van der Waals surface area contributed by atoms with E-state index in [0.29, 0.717) is 24.7 Å². The highest BCUT2D eigenvalue weighted by atomic mass is 16.1. The highest BCUT2D eigenvalue weighted by Gasteiger charge is 2.26. The average molecular weight is 278 g/mol. The lowest BCUT2D eigenvalue weighted by atomic mass is 10.1. The Morgan fingerprint density at radius 3 is 2.75 bits per heavy atom. The molecule has 0 unspecified atom stereocenters. The van der Waals surface area contributed by atoms with Crippen LogP contribution in [-0.2, 0) is 4.79 Å². The van der Waals surface area contributed by atoms with Crippen LogP contribution in [0.4, 0.5) is 5.82 Å². The summed E-state index contributed by atoms with van der Waals surface area (Å²) in [4.78, 5) is 30.3. The lowest BCUT2D eigenvalue weighted by Gasteiger charge is -2.20. The summed E-state index contributed by atoms with van der Waals surface area (Å²) < 4.78 is 0. The van der Waals surface area contributed by atoms with E-state index in [9.17, 15) is 9.59 Å². The molecule has 1 amide bonds. The number of carbonyl (C=O) groups excluding carboxylic acids is 1. The van der Waals surface area contributed by atoms with Gasteiger partial charge in [0, 0.05) is 30.5 Å². The zero-order valence-corrected chi connectivity index (χ0v) is 12.2. The molecule has 1 heterocycles. The molecule has 3 N–H and O–H groups in total. The Bertz CT molecular complexity index is 541. The molecule has 6 heteroatoms. The second-order valence-electron chi connectivity index (χ2n) is 6.27. The molecule has 0 spiro atoms. The van der Waals surface area contributed by atoms with Gasteiger partial charge in [0.2, 0.25) is 5.91 Å². The molecule has 0 radical (unpaired) electrons. The quantitative estimate of drug-likeness (QED) is 0.759. The van der Waals surface area contributed by atoms with Gasteiger partial charge < -0.3 is 15.6 Å². The standard InChI is InChI=1S/C14H22N4O2/c1-14(2,3)18-11(19)6-7-15-10-8-12(20)17-13(16-10)9-4-5-9/h8-9H,4-7H2,1-3H3,(H,18,19)(H2,15,16,17,20). The van der Waals surface area contributed by atoms with Crippen molar-refractivity contribution in [3.05, 3.63) is 22.2 Å². The topological polar surface area (TPSA) is 86.9 Å². The van der Waals surface area contributed by atoms with Crippen molar-refractivity contribution in [3.8, 4) is 0 Å². The number of aromatic amines is 1. The lowest BCUT2D eigenvalue weighted by Crippen LogP contribution is -2.41. The molecule has 0 bridgehead atoms. The van der Waals surface area contributed by atoms with Crippen LogP contribution in [0.5, 0.6) is 0 Å². The smallest absolute Gasteiger partial charge is 0.252 e. The normalized spacial score (nSPS) is 14.9. The highest BCUT2D eigenvalue weighted by molar-refractivity contribution is 5.77. The number of aromatic nitrogens is 2. The summed E-state index contributed by atoms with van der Waals surface area (Å²) >= 11 is 0. The monoisotopic (exact) mass is 278 g/mol. The SMILES string of the molecule is CC(C)(C)NC(=O)CCNc1cc(=O)[nH]c(C2CC2)n1. The van der Waals surface area contributed by atoms with Crippen LogP contribution in [0, 0.1) is 0 Å². The zero-order valence-electron chi connectivity index (χ0n) is 12.2. The first-order valence-electron chi connectivity index (χ1n) is 7.00. The first-order valence-corrected chi connectivity index (χ1v) is 7.00. The van der Waals surface area contributed by atoms with Crippen molar-refractivity contribution in [2.75, 3.05) is 11.9 Å². The van der Waals surface area contributed by atoms with E-state index in [4.69, 9.17) is 0 Å². The molecule has 1 aliphatic carbocycles. The number of carbonyl (C=O) groups is 1. The molecule has 110 valence electrons. The van der Waals surface area contributed by atoms with E-state index in [1.807, 2.05) is 20.8 Å². The largest absolute Gasteiger partial charge is 0.369 e. The van der Waals surface area contributed by atoms with Crippen LogP contribution in [0.1, 0.15) is 51.8 Å². The molecule has 2 rings (SSSR count). The minimum Gasteiger partial charge on any atom is -0.369 e. The number of hydrogen-bond acceptors (Lipinski definition) is 4. The molecule has 0 atom stereocenters. The molecule has 0 aromatic carbocycles. The Morgan fingerprint density at radius 2 is 2.15 bits per heavy atom. The number of anilines is 1. The van der Waals surface area contributed by atoms with Gasteiger partial charge in [0.05, 0.1) is 0 Å². The molecule has 1 fully saturated rings. The maximum Gasteiger partial charge on any atom is 0.252 e. The van der Waals surface area contributed by atoms with Gasteiger partial charge in [-0.15, -0.1) is 0 Å². The average Bonchev–Trinajstić information content (AvgIpc) is 3.09. The van der Waals surface area contributed by atoms with Crippen molar-refractivity contribution in [1.82, 2.24) is 15.3 Å². The fourth-order valence-electron chi connectivity index (χ4n) is 1.90. The third-order valence-corrected chi connectivity index (χ3v) is 2.90. The molecular formula is C14H22N4O2. The van der Waals surface area contributed by atoms with Gasteiger partial charge in [-0.05, 0) is 33.6 Å².